The summed E-state index contributed by atoms with van der Waals surface area (Å²) in [5, 5.41) is 3.65. The minimum Gasteiger partial charge on any atom is -0.444 e. The standard InChI is InChI=1S/C35H38N8O5/c1-35(2,3)48-34(46)40-15-13-24(14-16-40)41-19-26(28-30(36)37-21-38-31(28)41)22-9-11-23(12-10-22)39-32(44)29-27-20-47-18-17-42(27)43(33(29)45)25-7-5-4-6-8-25/h4-12,19,21,24H,13-18,20H2,1-3H3,(H,39,44)(H2,36,37,38). The predicted octanol–water partition coefficient (Wildman–Crippen LogP) is 4.99. The van der Waals surface area contributed by atoms with E-state index in [0.717, 1.165) is 35.0 Å². The number of hydrogen-bond donors (Lipinski definition) is 2. The van der Waals surface area contributed by atoms with Crippen molar-refractivity contribution in [3.05, 3.63) is 88.7 Å². The largest absolute Gasteiger partial charge is 0.444 e. The maximum absolute atomic E-state index is 13.6. The smallest absolute Gasteiger partial charge is 0.410 e. The molecule has 0 saturated carbocycles. The number of nitrogens with one attached hydrogen (secondary N) is 1. The van der Waals surface area contributed by atoms with Gasteiger partial charge in [0.1, 0.15) is 29.0 Å². The van der Waals surface area contributed by atoms with Gasteiger partial charge < -0.3 is 30.0 Å². The van der Waals surface area contributed by atoms with Gasteiger partial charge in [-0.2, -0.15) is 0 Å². The van der Waals surface area contributed by atoms with E-state index in [2.05, 4.69) is 19.9 Å². The summed E-state index contributed by atoms with van der Waals surface area (Å²) in [4.78, 5) is 50.4. The van der Waals surface area contributed by atoms with E-state index < -0.39 is 17.1 Å². The highest BCUT2D eigenvalue weighted by atomic mass is 16.6. The van der Waals surface area contributed by atoms with Crippen molar-refractivity contribution in [3.63, 3.8) is 0 Å². The number of aromatic nitrogens is 5. The molecule has 2 aliphatic heterocycles. The quantitative estimate of drug-likeness (QED) is 0.270. The first-order valence-electron chi connectivity index (χ1n) is 16.1. The number of para-hydroxylation sites is 1. The van der Waals surface area contributed by atoms with Crippen LogP contribution in [0, 0.1) is 0 Å². The number of benzene rings is 2. The molecular weight excluding hydrogens is 612 g/mol. The van der Waals surface area contributed by atoms with E-state index in [4.69, 9.17) is 15.2 Å². The van der Waals surface area contributed by atoms with E-state index in [0.29, 0.717) is 49.1 Å². The molecule has 0 unspecified atom stereocenters. The molecule has 3 aromatic heterocycles. The Bertz CT molecular complexity index is 2050. The second-order valence-electron chi connectivity index (χ2n) is 13.1. The number of amides is 2. The van der Waals surface area contributed by atoms with Crippen LogP contribution in [0.15, 0.2) is 71.9 Å². The van der Waals surface area contributed by atoms with Crippen molar-refractivity contribution in [2.45, 2.75) is 58.4 Å². The molecule has 13 nitrogen and oxygen atoms in total. The molecule has 7 rings (SSSR count). The number of rotatable bonds is 5. The zero-order chi connectivity index (χ0) is 33.6. The number of nitrogen functional groups attached to an aromatic ring is 1. The highest BCUT2D eigenvalue weighted by Crippen LogP contribution is 2.37. The molecule has 48 heavy (non-hydrogen) atoms. The third kappa shape index (κ3) is 5.81. The van der Waals surface area contributed by atoms with Crippen LogP contribution in [0.5, 0.6) is 0 Å². The summed E-state index contributed by atoms with van der Waals surface area (Å²) in [6.45, 7) is 7.81. The number of nitrogens with two attached hydrogens (primary N) is 1. The summed E-state index contributed by atoms with van der Waals surface area (Å²) in [5.41, 5.74) is 9.74. The molecule has 2 aliphatic rings. The molecule has 2 amide bonds. The number of ether oxygens (including phenoxy) is 2. The molecule has 5 heterocycles. The van der Waals surface area contributed by atoms with Gasteiger partial charge in [0.25, 0.3) is 11.5 Å². The number of hydrogen-bond acceptors (Lipinski definition) is 8. The van der Waals surface area contributed by atoms with Crippen LogP contribution in [0.25, 0.3) is 27.8 Å². The lowest BCUT2D eigenvalue weighted by atomic mass is 10.0. The number of piperidine rings is 1. The number of nitrogens with zero attached hydrogens (tertiary/aromatic N) is 6. The second kappa shape index (κ2) is 12.3. The molecule has 0 aliphatic carbocycles. The number of fused-ring (bicyclic) bond motifs is 2. The minimum absolute atomic E-state index is 0.0633. The average Bonchev–Trinajstić information content (AvgIpc) is 3.61. The molecule has 0 spiro atoms. The van der Waals surface area contributed by atoms with Gasteiger partial charge in [0.05, 0.1) is 36.5 Å². The minimum atomic E-state index is -0.548. The molecule has 13 heteroatoms. The summed E-state index contributed by atoms with van der Waals surface area (Å²) < 4.78 is 16.7. The molecule has 2 aromatic carbocycles. The SMILES string of the molecule is CC(C)(C)OC(=O)N1CCC(n2cc(-c3ccc(NC(=O)c4c5n(n(-c6ccccc6)c4=O)CCOC5)cc3)c3c(N)ncnc32)CC1. The molecule has 3 N–H and O–H groups in total. The van der Waals surface area contributed by atoms with Crippen LogP contribution in [0.1, 0.15) is 55.7 Å². The molecular formula is C35H38N8O5. The summed E-state index contributed by atoms with van der Waals surface area (Å²) in [7, 11) is 0. The number of carbonyl (C=O) groups is 2. The number of anilines is 2. The lowest BCUT2D eigenvalue weighted by molar-refractivity contribution is 0.0189. The Balaban J connectivity index is 1.13. The highest BCUT2D eigenvalue weighted by molar-refractivity contribution is 6.05. The van der Waals surface area contributed by atoms with E-state index >= 15 is 0 Å². The van der Waals surface area contributed by atoms with Crippen LogP contribution in [0.2, 0.25) is 0 Å². The van der Waals surface area contributed by atoms with Crippen LogP contribution in [0.3, 0.4) is 0 Å². The van der Waals surface area contributed by atoms with Crippen molar-refractivity contribution in [1.29, 1.82) is 0 Å². The van der Waals surface area contributed by atoms with E-state index in [1.165, 1.54) is 6.33 Å². The Kier molecular flexibility index (Phi) is 7.99. The third-order valence-corrected chi connectivity index (χ3v) is 8.76. The van der Waals surface area contributed by atoms with Gasteiger partial charge in [-0.1, -0.05) is 30.3 Å². The van der Waals surface area contributed by atoms with Crippen LogP contribution in [-0.4, -0.2) is 66.1 Å². The summed E-state index contributed by atoms with van der Waals surface area (Å²) >= 11 is 0. The first-order chi connectivity index (χ1) is 23.1. The van der Waals surface area contributed by atoms with Gasteiger partial charge in [0.2, 0.25) is 0 Å². The van der Waals surface area contributed by atoms with E-state index in [1.807, 2.05) is 74.1 Å². The van der Waals surface area contributed by atoms with Crippen molar-refractivity contribution >= 4 is 34.5 Å². The Labute approximate surface area is 276 Å². The fourth-order valence-electron chi connectivity index (χ4n) is 6.53. The monoisotopic (exact) mass is 650 g/mol. The first-order valence-corrected chi connectivity index (χ1v) is 16.1. The topological polar surface area (TPSA) is 152 Å². The van der Waals surface area contributed by atoms with Crippen LogP contribution in [-0.2, 0) is 22.6 Å². The molecule has 1 saturated heterocycles. The number of likely N-dealkylation sites (tertiary alicyclic amines) is 1. The van der Waals surface area contributed by atoms with E-state index in [-0.39, 0.29) is 24.3 Å². The first kappa shape index (κ1) is 31.2. The fourth-order valence-corrected chi connectivity index (χ4v) is 6.53. The van der Waals surface area contributed by atoms with Crippen molar-refractivity contribution in [2.75, 3.05) is 30.7 Å². The Morgan fingerprint density at radius 2 is 1.73 bits per heavy atom. The van der Waals surface area contributed by atoms with Crippen LogP contribution >= 0.6 is 0 Å². The highest BCUT2D eigenvalue weighted by Gasteiger charge is 2.30. The van der Waals surface area contributed by atoms with Crippen LogP contribution in [0.4, 0.5) is 16.3 Å². The maximum Gasteiger partial charge on any atom is 0.410 e. The molecule has 248 valence electrons. The lowest BCUT2D eigenvalue weighted by Crippen LogP contribution is -2.42. The van der Waals surface area contributed by atoms with Gasteiger partial charge in [0, 0.05) is 36.6 Å². The molecule has 0 bridgehead atoms. The van der Waals surface area contributed by atoms with E-state index in [9.17, 15) is 14.4 Å². The zero-order valence-corrected chi connectivity index (χ0v) is 27.2. The average molecular weight is 651 g/mol. The normalized spacial score (nSPS) is 15.4. The molecule has 0 atom stereocenters. The second-order valence-corrected chi connectivity index (χ2v) is 13.1. The Morgan fingerprint density at radius 1 is 1.00 bits per heavy atom. The van der Waals surface area contributed by atoms with Crippen LogP contribution < -0.4 is 16.6 Å². The summed E-state index contributed by atoms with van der Waals surface area (Å²) in [6, 6.07) is 16.8. The van der Waals surface area contributed by atoms with Gasteiger partial charge in [-0.3, -0.25) is 14.3 Å². The Hall–Kier alpha value is -5.43. The van der Waals surface area contributed by atoms with Gasteiger partial charge >= 0.3 is 6.09 Å². The van der Waals surface area contributed by atoms with Gasteiger partial charge in [-0.05, 0) is 63.4 Å². The zero-order valence-electron chi connectivity index (χ0n) is 27.2. The van der Waals surface area contributed by atoms with Crippen molar-refractivity contribution in [1.82, 2.24) is 28.8 Å². The third-order valence-electron chi connectivity index (χ3n) is 8.76. The van der Waals surface area contributed by atoms with Crippen molar-refractivity contribution in [3.8, 4) is 16.8 Å². The molecule has 5 aromatic rings. The predicted molar refractivity (Wildman–Crippen MR) is 181 cm³/mol. The fraction of sp³-hybridized carbons (Fsp3) is 0.343. The molecule has 0 radical (unpaired) electrons. The number of carbonyl (C=O) groups excluding carboxylic acids is 2. The van der Waals surface area contributed by atoms with E-state index in [1.54, 1.807) is 21.7 Å². The molecule has 1 fully saturated rings. The summed E-state index contributed by atoms with van der Waals surface area (Å²) in [6.07, 6.45) is 4.67. The maximum atomic E-state index is 13.6. The lowest BCUT2D eigenvalue weighted by Gasteiger charge is -2.34. The Morgan fingerprint density at radius 3 is 2.44 bits per heavy atom. The van der Waals surface area contributed by atoms with Gasteiger partial charge in [-0.25, -0.2) is 19.4 Å². The summed E-state index contributed by atoms with van der Waals surface area (Å²) in [5.74, 6) is -0.128. The van der Waals surface area contributed by atoms with Gasteiger partial charge in [0.15, 0.2) is 0 Å². The van der Waals surface area contributed by atoms with Gasteiger partial charge in [-0.15, -0.1) is 0 Å². The van der Waals surface area contributed by atoms with Crippen molar-refractivity contribution in [2.24, 2.45) is 0 Å². The van der Waals surface area contributed by atoms with Crippen molar-refractivity contribution < 1.29 is 19.1 Å².